The summed E-state index contributed by atoms with van der Waals surface area (Å²) in [6.45, 7) is 8.29. The van der Waals surface area contributed by atoms with E-state index in [0.717, 1.165) is 44.1 Å². The van der Waals surface area contributed by atoms with Gasteiger partial charge in [-0.15, -0.1) is 0 Å². The third-order valence-corrected chi connectivity index (χ3v) is 10.8. The van der Waals surface area contributed by atoms with E-state index < -0.39 is 23.5 Å². The molecule has 8 nitrogen and oxygen atoms in total. The Morgan fingerprint density at radius 2 is 1.83 bits per heavy atom. The first-order chi connectivity index (χ1) is 19.5. The number of carbonyl (C=O) groups excluding carboxylic acids is 2. The zero-order valence-electron chi connectivity index (χ0n) is 24.7. The van der Waals surface area contributed by atoms with Crippen LogP contribution in [-0.2, 0) is 25.6 Å². The Labute approximate surface area is 242 Å². The van der Waals surface area contributed by atoms with Crippen LogP contribution in [0, 0.1) is 28.6 Å². The molecule has 0 bridgehead atoms. The number of phenolic OH excluding ortho intramolecular Hbond substituents is 1. The van der Waals surface area contributed by atoms with E-state index in [1.54, 1.807) is 19.1 Å². The number of fused-ring (bicyclic) bond motifs is 5. The van der Waals surface area contributed by atoms with Crippen LogP contribution in [0.1, 0.15) is 71.8 Å². The summed E-state index contributed by atoms with van der Waals surface area (Å²) in [4.78, 5) is 30.5. The Morgan fingerprint density at radius 3 is 2.56 bits per heavy atom. The number of nitrogens with one attached hydrogen (secondary N) is 1. The van der Waals surface area contributed by atoms with Gasteiger partial charge in [0.05, 0.1) is 12.2 Å². The molecule has 0 saturated heterocycles. The first-order valence-corrected chi connectivity index (χ1v) is 15.0. The largest absolute Gasteiger partial charge is 0.508 e. The Kier molecular flexibility index (Phi) is 8.07. The summed E-state index contributed by atoms with van der Waals surface area (Å²) in [5, 5.41) is 27.6. The van der Waals surface area contributed by atoms with Crippen LogP contribution in [0.4, 0.5) is 0 Å². The molecule has 0 spiro atoms. The smallest absolute Gasteiger partial charge is 0.328 e. The molecule has 0 unspecified atom stereocenters. The Balaban J connectivity index is 1.19. The molecular weight excluding hydrogens is 520 g/mol. The number of benzene rings is 1. The highest BCUT2D eigenvalue weighted by atomic mass is 16.6. The molecule has 4 aliphatic rings. The summed E-state index contributed by atoms with van der Waals surface area (Å²) in [5.41, 5.74) is 2.21. The first-order valence-electron chi connectivity index (χ1n) is 15.0. The third-order valence-electron chi connectivity index (χ3n) is 10.8. The molecule has 3 saturated carbocycles. The number of esters is 1. The van der Waals surface area contributed by atoms with Crippen molar-refractivity contribution in [1.29, 1.82) is 0 Å². The number of amides is 1. The molecule has 1 aromatic carbocycles. The average molecular weight is 565 g/mol. The van der Waals surface area contributed by atoms with E-state index in [9.17, 15) is 19.8 Å². The van der Waals surface area contributed by atoms with Gasteiger partial charge in [0.25, 0.3) is 5.91 Å². The maximum atomic E-state index is 12.6. The topological polar surface area (TPSA) is 117 Å². The number of nitrogens with zero attached hydrogens (tertiary/aromatic N) is 1. The number of carbonyl (C=O) groups is 2. The van der Waals surface area contributed by atoms with Gasteiger partial charge in [-0.1, -0.05) is 42.8 Å². The molecule has 222 valence electrons. The van der Waals surface area contributed by atoms with Crippen molar-refractivity contribution in [2.75, 3.05) is 13.2 Å². The number of hydrogen-bond donors (Lipinski definition) is 3. The average Bonchev–Trinajstić information content (AvgIpc) is 3.18. The van der Waals surface area contributed by atoms with Gasteiger partial charge in [0.15, 0.2) is 6.61 Å². The summed E-state index contributed by atoms with van der Waals surface area (Å²) >= 11 is 0. The monoisotopic (exact) mass is 564 g/mol. The van der Waals surface area contributed by atoms with Gasteiger partial charge in [-0.25, -0.2) is 4.79 Å². The fraction of sp³-hybridized carbons (Fsp3) is 0.606. The maximum absolute atomic E-state index is 12.6. The van der Waals surface area contributed by atoms with E-state index >= 15 is 0 Å². The summed E-state index contributed by atoms with van der Waals surface area (Å²) in [6, 6.07) is 5.59. The van der Waals surface area contributed by atoms with Crippen LogP contribution in [0.25, 0.3) is 0 Å². The third kappa shape index (κ3) is 5.55. The van der Waals surface area contributed by atoms with Crippen LogP contribution in [-0.4, -0.2) is 52.7 Å². The Hall–Kier alpha value is -3.13. The zero-order chi connectivity index (χ0) is 29.4. The van der Waals surface area contributed by atoms with Crippen LogP contribution in [0.5, 0.6) is 5.75 Å². The quantitative estimate of drug-likeness (QED) is 0.307. The van der Waals surface area contributed by atoms with Gasteiger partial charge in [-0.05, 0) is 105 Å². The fourth-order valence-electron chi connectivity index (χ4n) is 8.21. The first kappa shape index (κ1) is 29.4. The lowest BCUT2D eigenvalue weighted by molar-refractivity contribution is -0.147. The van der Waals surface area contributed by atoms with Gasteiger partial charge in [0, 0.05) is 11.8 Å². The van der Waals surface area contributed by atoms with Crippen molar-refractivity contribution in [3.8, 4) is 5.75 Å². The second-order valence-corrected chi connectivity index (χ2v) is 13.0. The fourth-order valence-corrected chi connectivity index (χ4v) is 8.21. The number of hydrogen-bond acceptors (Lipinski definition) is 7. The van der Waals surface area contributed by atoms with Crippen molar-refractivity contribution < 1.29 is 29.4 Å². The second kappa shape index (κ2) is 11.3. The van der Waals surface area contributed by atoms with Gasteiger partial charge in [0.1, 0.15) is 17.5 Å². The molecule has 0 aromatic heterocycles. The molecular formula is C33H44N2O6. The molecule has 0 aliphatic heterocycles. The standard InChI is InChI=1S/C33H44N2O6/c1-5-40-30(38)28(18-21-6-9-24(36)10-7-21)34-29(37)20-41-35-23-12-15-31(2)22(19-23)8-11-25-26(31)13-16-32(3)27(25)14-17-33(32,4)39/h6-7,9-10,12,15,19,25-28,36,39H,5,8,11,13-14,16-18,20H2,1-4H3,(H,34,37)/t25-,26+,27+,28+,31+,32+,33+/m1/s1. The number of allylic oxidation sites excluding steroid dienone is 4. The molecule has 3 N–H and O–H groups in total. The molecule has 3 fully saturated rings. The van der Waals surface area contributed by atoms with E-state index in [1.165, 1.54) is 17.7 Å². The Morgan fingerprint density at radius 1 is 1.10 bits per heavy atom. The molecule has 8 heteroatoms. The van der Waals surface area contributed by atoms with Crippen molar-refractivity contribution in [3.05, 3.63) is 53.6 Å². The maximum Gasteiger partial charge on any atom is 0.328 e. The number of ether oxygens (including phenoxy) is 1. The number of oxime groups is 1. The molecule has 1 amide bonds. The second-order valence-electron chi connectivity index (χ2n) is 13.0. The highest BCUT2D eigenvalue weighted by Crippen LogP contribution is 2.66. The van der Waals surface area contributed by atoms with Crippen molar-refractivity contribution in [2.24, 2.45) is 33.7 Å². The minimum absolute atomic E-state index is 0.00149. The number of rotatable bonds is 8. The van der Waals surface area contributed by atoms with Gasteiger partial charge < -0.3 is 25.1 Å². The van der Waals surface area contributed by atoms with Gasteiger partial charge in [-0.2, -0.15) is 0 Å². The summed E-state index contributed by atoms with van der Waals surface area (Å²) < 4.78 is 5.14. The minimum atomic E-state index is -0.878. The predicted octanol–water partition coefficient (Wildman–Crippen LogP) is 4.85. The van der Waals surface area contributed by atoms with Crippen LogP contribution in [0.2, 0.25) is 0 Å². The van der Waals surface area contributed by atoms with Crippen LogP contribution >= 0.6 is 0 Å². The highest BCUT2D eigenvalue weighted by Gasteiger charge is 2.62. The molecule has 41 heavy (non-hydrogen) atoms. The number of aliphatic hydroxyl groups is 1. The van der Waals surface area contributed by atoms with Crippen molar-refractivity contribution in [2.45, 2.75) is 84.3 Å². The lowest BCUT2D eigenvalue weighted by atomic mass is 9.47. The van der Waals surface area contributed by atoms with Crippen molar-refractivity contribution >= 4 is 17.6 Å². The molecule has 1 aromatic rings. The Bertz CT molecular complexity index is 1250. The summed E-state index contributed by atoms with van der Waals surface area (Å²) in [5.74, 6) is 0.852. The molecule has 7 atom stereocenters. The van der Waals surface area contributed by atoms with E-state index in [2.05, 4.69) is 36.5 Å². The van der Waals surface area contributed by atoms with E-state index in [1.807, 2.05) is 13.0 Å². The zero-order valence-corrected chi connectivity index (χ0v) is 24.7. The minimum Gasteiger partial charge on any atom is -0.508 e. The molecule has 0 heterocycles. The van der Waals surface area contributed by atoms with Crippen LogP contribution in [0.3, 0.4) is 0 Å². The van der Waals surface area contributed by atoms with Crippen molar-refractivity contribution in [3.63, 3.8) is 0 Å². The van der Waals surface area contributed by atoms with E-state index in [4.69, 9.17) is 9.57 Å². The molecule has 0 radical (unpaired) electrons. The molecule has 5 rings (SSSR count). The normalized spacial score (nSPS) is 35.5. The van der Waals surface area contributed by atoms with E-state index in [-0.39, 0.29) is 36.2 Å². The lowest BCUT2D eigenvalue weighted by Crippen LogP contribution is -2.53. The van der Waals surface area contributed by atoms with Gasteiger partial charge in [-0.3, -0.25) is 4.79 Å². The number of aromatic hydroxyl groups is 1. The lowest BCUT2D eigenvalue weighted by Gasteiger charge is -2.58. The van der Waals surface area contributed by atoms with Crippen LogP contribution in [0.15, 0.2) is 53.2 Å². The summed E-state index contributed by atoms with van der Waals surface area (Å²) in [6.07, 6.45) is 12.9. The summed E-state index contributed by atoms with van der Waals surface area (Å²) in [7, 11) is 0. The van der Waals surface area contributed by atoms with Crippen molar-refractivity contribution in [1.82, 2.24) is 5.32 Å². The molecule has 4 aliphatic carbocycles. The van der Waals surface area contributed by atoms with E-state index in [0.29, 0.717) is 23.5 Å². The van der Waals surface area contributed by atoms with Gasteiger partial charge >= 0.3 is 5.97 Å². The number of phenols is 1. The van der Waals surface area contributed by atoms with Crippen LogP contribution < -0.4 is 5.32 Å². The van der Waals surface area contributed by atoms with Gasteiger partial charge in [0.2, 0.25) is 0 Å². The predicted molar refractivity (Wildman–Crippen MR) is 156 cm³/mol. The highest BCUT2D eigenvalue weighted by molar-refractivity contribution is 6.05. The SMILES string of the molecule is CCOC(=O)[C@H](Cc1ccc(O)cc1)NC(=O)CON=C1C=C[C@@]2(C)C(=C1)CC[C@@H]1[C@@H]2CC[C@@]2(C)[C@H]1CC[C@]2(C)O.